The minimum Gasteiger partial charge on any atom is -0.399 e. The number of nitrogens with one attached hydrogen (secondary N) is 1. The Labute approximate surface area is 130 Å². The molecule has 7 nitrogen and oxygen atoms in total. The van der Waals surface area contributed by atoms with Crippen molar-refractivity contribution in [3.05, 3.63) is 36.7 Å². The Balaban J connectivity index is 2.26. The van der Waals surface area contributed by atoms with E-state index in [4.69, 9.17) is 5.73 Å². The van der Waals surface area contributed by atoms with E-state index in [2.05, 4.69) is 14.7 Å². The Morgan fingerprint density at radius 2 is 1.77 bits per heavy atom. The van der Waals surface area contributed by atoms with Crippen LogP contribution in [0, 0.1) is 0 Å². The summed E-state index contributed by atoms with van der Waals surface area (Å²) in [5, 5.41) is 0. The van der Waals surface area contributed by atoms with Gasteiger partial charge in [-0.1, -0.05) is 0 Å². The van der Waals surface area contributed by atoms with Gasteiger partial charge in [0.2, 0.25) is 0 Å². The summed E-state index contributed by atoms with van der Waals surface area (Å²) < 4.78 is 27.1. The van der Waals surface area contributed by atoms with E-state index in [1.54, 1.807) is 6.07 Å². The van der Waals surface area contributed by atoms with Gasteiger partial charge < -0.3 is 10.6 Å². The zero-order valence-corrected chi connectivity index (χ0v) is 13.3. The second-order valence-corrected chi connectivity index (χ2v) is 6.29. The highest BCUT2D eigenvalue weighted by Crippen LogP contribution is 2.18. The van der Waals surface area contributed by atoms with E-state index in [1.807, 2.05) is 18.7 Å². The van der Waals surface area contributed by atoms with Crippen molar-refractivity contribution in [1.82, 2.24) is 9.97 Å². The third-order valence-corrected chi connectivity index (χ3v) is 4.54. The molecule has 0 unspecified atom stereocenters. The number of benzene rings is 1. The van der Waals surface area contributed by atoms with Crippen LogP contribution in [0.4, 0.5) is 17.3 Å². The van der Waals surface area contributed by atoms with Crippen LogP contribution in [0.3, 0.4) is 0 Å². The van der Waals surface area contributed by atoms with E-state index < -0.39 is 10.0 Å². The number of hydrogen-bond acceptors (Lipinski definition) is 6. The second kappa shape index (κ2) is 6.61. The molecule has 0 aliphatic heterocycles. The van der Waals surface area contributed by atoms with Crippen LogP contribution in [-0.2, 0) is 10.0 Å². The fourth-order valence-electron chi connectivity index (χ4n) is 1.97. The summed E-state index contributed by atoms with van der Waals surface area (Å²) in [5.41, 5.74) is 6.07. The minimum atomic E-state index is -3.70. The van der Waals surface area contributed by atoms with Gasteiger partial charge in [-0.3, -0.25) is 4.72 Å². The first-order valence-electron chi connectivity index (χ1n) is 6.91. The van der Waals surface area contributed by atoms with Gasteiger partial charge in [-0.05, 0) is 38.1 Å². The highest BCUT2D eigenvalue weighted by atomic mass is 32.2. The largest absolute Gasteiger partial charge is 0.399 e. The van der Waals surface area contributed by atoms with Gasteiger partial charge in [0, 0.05) is 24.8 Å². The van der Waals surface area contributed by atoms with Gasteiger partial charge in [0.1, 0.15) is 18.0 Å². The molecule has 0 saturated carbocycles. The SMILES string of the molecule is CCN(CC)c1cc(NS(=O)(=O)c2ccc(N)cc2)ncn1. The van der Waals surface area contributed by atoms with Crippen molar-refractivity contribution < 1.29 is 8.42 Å². The maximum absolute atomic E-state index is 12.3. The minimum absolute atomic E-state index is 0.129. The molecule has 0 amide bonds. The maximum Gasteiger partial charge on any atom is 0.263 e. The van der Waals surface area contributed by atoms with E-state index in [1.165, 1.54) is 30.6 Å². The van der Waals surface area contributed by atoms with Gasteiger partial charge >= 0.3 is 0 Å². The molecule has 2 aromatic rings. The molecule has 1 aromatic carbocycles. The lowest BCUT2D eigenvalue weighted by Crippen LogP contribution is -2.23. The first kappa shape index (κ1) is 16.0. The topological polar surface area (TPSA) is 101 Å². The Morgan fingerprint density at radius 1 is 1.14 bits per heavy atom. The summed E-state index contributed by atoms with van der Waals surface area (Å²) >= 11 is 0. The van der Waals surface area contributed by atoms with Crippen molar-refractivity contribution in [3.8, 4) is 0 Å². The first-order valence-corrected chi connectivity index (χ1v) is 8.40. The van der Waals surface area contributed by atoms with Gasteiger partial charge in [0.15, 0.2) is 0 Å². The van der Waals surface area contributed by atoms with Crippen LogP contribution in [0.1, 0.15) is 13.8 Å². The molecule has 0 aliphatic carbocycles. The van der Waals surface area contributed by atoms with Gasteiger partial charge in [-0.2, -0.15) is 0 Å². The maximum atomic E-state index is 12.3. The quantitative estimate of drug-likeness (QED) is 0.785. The number of aromatic nitrogens is 2. The fourth-order valence-corrected chi connectivity index (χ4v) is 2.97. The van der Waals surface area contributed by atoms with E-state index in [-0.39, 0.29) is 10.7 Å². The summed E-state index contributed by atoms with van der Waals surface area (Å²) in [5.74, 6) is 0.906. The lowest BCUT2D eigenvalue weighted by Gasteiger charge is -2.19. The number of sulfonamides is 1. The van der Waals surface area contributed by atoms with Crippen LogP contribution in [-0.4, -0.2) is 31.5 Å². The highest BCUT2D eigenvalue weighted by Gasteiger charge is 2.15. The van der Waals surface area contributed by atoms with Gasteiger partial charge in [-0.15, -0.1) is 0 Å². The molecule has 3 N–H and O–H groups in total. The average molecular weight is 321 g/mol. The van der Waals surface area contributed by atoms with Crippen molar-refractivity contribution >= 4 is 27.3 Å². The van der Waals surface area contributed by atoms with E-state index >= 15 is 0 Å². The van der Waals surface area contributed by atoms with E-state index in [0.717, 1.165) is 13.1 Å². The molecule has 0 fully saturated rings. The number of anilines is 3. The van der Waals surface area contributed by atoms with Crippen LogP contribution in [0.15, 0.2) is 41.6 Å². The zero-order chi connectivity index (χ0) is 16.2. The van der Waals surface area contributed by atoms with Crippen LogP contribution >= 0.6 is 0 Å². The third kappa shape index (κ3) is 3.64. The molecule has 2 rings (SSSR count). The Kier molecular flexibility index (Phi) is 4.81. The van der Waals surface area contributed by atoms with Crippen molar-refractivity contribution in [2.24, 2.45) is 0 Å². The molecular weight excluding hydrogens is 302 g/mol. The molecule has 0 bridgehead atoms. The number of nitrogens with zero attached hydrogens (tertiary/aromatic N) is 3. The van der Waals surface area contributed by atoms with Gasteiger partial charge in [0.05, 0.1) is 4.90 Å². The predicted molar refractivity (Wildman–Crippen MR) is 87.3 cm³/mol. The van der Waals surface area contributed by atoms with Crippen molar-refractivity contribution in [3.63, 3.8) is 0 Å². The monoisotopic (exact) mass is 321 g/mol. The Hall–Kier alpha value is -2.35. The van der Waals surface area contributed by atoms with Crippen LogP contribution < -0.4 is 15.4 Å². The van der Waals surface area contributed by atoms with Crippen molar-refractivity contribution in [2.75, 3.05) is 28.4 Å². The molecule has 0 radical (unpaired) electrons. The number of hydrogen-bond donors (Lipinski definition) is 2. The third-order valence-electron chi connectivity index (χ3n) is 3.17. The summed E-state index contributed by atoms with van der Waals surface area (Å²) in [6, 6.07) is 7.59. The number of rotatable bonds is 6. The lowest BCUT2D eigenvalue weighted by atomic mass is 10.3. The summed E-state index contributed by atoms with van der Waals surface area (Å²) in [6.45, 7) is 5.56. The molecule has 118 valence electrons. The zero-order valence-electron chi connectivity index (χ0n) is 12.5. The fraction of sp³-hybridized carbons (Fsp3) is 0.286. The first-order chi connectivity index (χ1) is 10.5. The van der Waals surface area contributed by atoms with Gasteiger partial charge in [0.25, 0.3) is 10.0 Å². The van der Waals surface area contributed by atoms with Crippen molar-refractivity contribution in [1.29, 1.82) is 0 Å². The summed E-state index contributed by atoms with van der Waals surface area (Å²) in [7, 11) is -3.70. The highest BCUT2D eigenvalue weighted by molar-refractivity contribution is 7.92. The van der Waals surface area contributed by atoms with E-state index in [0.29, 0.717) is 11.5 Å². The molecule has 0 aliphatic rings. The molecule has 0 saturated heterocycles. The molecule has 1 aromatic heterocycles. The predicted octanol–water partition coefficient (Wildman–Crippen LogP) is 1.71. The molecule has 0 spiro atoms. The standard InChI is InChI=1S/C14H19N5O2S/c1-3-19(4-2)14-9-13(16-10-17-14)18-22(20,21)12-7-5-11(15)6-8-12/h5-10H,3-4,15H2,1-2H3,(H,16,17,18). The molecule has 0 atom stereocenters. The van der Waals surface area contributed by atoms with E-state index in [9.17, 15) is 8.42 Å². The molecule has 8 heteroatoms. The second-order valence-electron chi connectivity index (χ2n) is 4.61. The number of nitrogens with two attached hydrogens (primary N) is 1. The summed E-state index contributed by atoms with van der Waals surface area (Å²) in [4.78, 5) is 10.3. The molecule has 1 heterocycles. The Morgan fingerprint density at radius 3 is 2.36 bits per heavy atom. The van der Waals surface area contributed by atoms with Gasteiger partial charge in [-0.25, -0.2) is 18.4 Å². The molecular formula is C14H19N5O2S. The lowest BCUT2D eigenvalue weighted by molar-refractivity contribution is 0.601. The number of nitrogen functional groups attached to an aromatic ring is 1. The summed E-state index contributed by atoms with van der Waals surface area (Å²) in [6.07, 6.45) is 1.34. The van der Waals surface area contributed by atoms with Crippen LogP contribution in [0.25, 0.3) is 0 Å². The van der Waals surface area contributed by atoms with Crippen LogP contribution in [0.2, 0.25) is 0 Å². The van der Waals surface area contributed by atoms with Crippen LogP contribution in [0.5, 0.6) is 0 Å². The Bertz CT molecular complexity index is 727. The van der Waals surface area contributed by atoms with Crippen molar-refractivity contribution in [2.45, 2.75) is 18.7 Å². The smallest absolute Gasteiger partial charge is 0.263 e. The molecule has 22 heavy (non-hydrogen) atoms. The normalized spacial score (nSPS) is 11.2. The average Bonchev–Trinajstić information content (AvgIpc) is 2.49.